The van der Waals surface area contributed by atoms with Gasteiger partial charge in [0.2, 0.25) is 0 Å². The van der Waals surface area contributed by atoms with Crippen molar-refractivity contribution >= 4 is 11.6 Å². The molecule has 0 fully saturated rings. The van der Waals surface area contributed by atoms with Gasteiger partial charge in [-0.15, -0.1) is 0 Å². The molecule has 0 aliphatic carbocycles. The van der Waals surface area contributed by atoms with Gasteiger partial charge in [0.1, 0.15) is 11.0 Å². The molecule has 1 heterocycles. The molecule has 0 aliphatic rings. The zero-order valence-electron chi connectivity index (χ0n) is 9.26. The second-order valence-corrected chi connectivity index (χ2v) is 4.07. The average Bonchev–Trinajstić information content (AvgIpc) is 2.24. The fourth-order valence-corrected chi connectivity index (χ4v) is 1.74. The Hall–Kier alpha value is -1.55. The highest BCUT2D eigenvalue weighted by molar-refractivity contribution is 6.29. The van der Waals surface area contributed by atoms with Crippen LogP contribution in [0.3, 0.4) is 0 Å². The zero-order valence-corrected chi connectivity index (χ0v) is 10.0. The summed E-state index contributed by atoms with van der Waals surface area (Å²) < 4.78 is 27.2. The van der Waals surface area contributed by atoms with Crippen molar-refractivity contribution in [2.75, 3.05) is 0 Å². The lowest BCUT2D eigenvalue weighted by atomic mass is 10.1. The molecule has 17 heavy (non-hydrogen) atoms. The van der Waals surface area contributed by atoms with Gasteiger partial charge in [-0.2, -0.15) is 0 Å². The minimum absolute atomic E-state index is 0.0838. The first-order valence-corrected chi connectivity index (χ1v) is 5.33. The van der Waals surface area contributed by atoms with Gasteiger partial charge in [0.15, 0.2) is 11.6 Å². The van der Waals surface area contributed by atoms with E-state index in [0.717, 1.165) is 0 Å². The summed E-state index contributed by atoms with van der Waals surface area (Å²) in [5.41, 5.74) is 0.613. The highest BCUT2D eigenvalue weighted by Crippen LogP contribution is 2.26. The SMILES string of the molecule is Cc1nc(Cl)cc(-c2ccc(C)c(F)c2F)n1. The van der Waals surface area contributed by atoms with Crippen LogP contribution in [-0.4, -0.2) is 9.97 Å². The number of benzene rings is 1. The van der Waals surface area contributed by atoms with Crippen LogP contribution in [0, 0.1) is 25.5 Å². The molecule has 0 radical (unpaired) electrons. The van der Waals surface area contributed by atoms with Crippen molar-refractivity contribution in [1.29, 1.82) is 0 Å². The number of rotatable bonds is 1. The summed E-state index contributed by atoms with van der Waals surface area (Å²) >= 11 is 5.76. The maximum atomic E-state index is 13.7. The second-order valence-electron chi connectivity index (χ2n) is 3.68. The molecule has 2 aromatic rings. The third-order valence-electron chi connectivity index (χ3n) is 2.36. The molecule has 0 aliphatic heterocycles. The molecule has 88 valence electrons. The van der Waals surface area contributed by atoms with Crippen molar-refractivity contribution < 1.29 is 8.78 Å². The Morgan fingerprint density at radius 1 is 1.06 bits per heavy atom. The van der Waals surface area contributed by atoms with Crippen LogP contribution in [0.15, 0.2) is 18.2 Å². The predicted molar refractivity (Wildman–Crippen MR) is 61.9 cm³/mol. The smallest absolute Gasteiger partial charge is 0.168 e. The minimum Gasteiger partial charge on any atom is -0.233 e. The first-order valence-electron chi connectivity index (χ1n) is 4.95. The lowest BCUT2D eigenvalue weighted by Gasteiger charge is -2.06. The summed E-state index contributed by atoms with van der Waals surface area (Å²) in [5.74, 6) is -1.37. The number of hydrogen-bond acceptors (Lipinski definition) is 2. The average molecular weight is 255 g/mol. The van der Waals surface area contributed by atoms with Crippen LogP contribution < -0.4 is 0 Å². The largest absolute Gasteiger partial charge is 0.233 e. The first-order chi connectivity index (χ1) is 7.99. The molecule has 0 amide bonds. The van der Waals surface area contributed by atoms with E-state index >= 15 is 0 Å². The summed E-state index contributed by atoms with van der Waals surface area (Å²) in [6.07, 6.45) is 0. The molecule has 1 aromatic heterocycles. The Bertz CT molecular complexity index is 565. The van der Waals surface area contributed by atoms with Crippen LogP contribution in [0.5, 0.6) is 0 Å². The van der Waals surface area contributed by atoms with E-state index in [1.807, 2.05) is 0 Å². The second kappa shape index (κ2) is 4.37. The van der Waals surface area contributed by atoms with Crippen LogP contribution >= 0.6 is 11.6 Å². The van der Waals surface area contributed by atoms with Crippen molar-refractivity contribution in [3.63, 3.8) is 0 Å². The van der Waals surface area contributed by atoms with Crippen molar-refractivity contribution in [3.8, 4) is 11.3 Å². The summed E-state index contributed by atoms with van der Waals surface area (Å²) in [6, 6.07) is 4.38. The molecule has 1 aromatic carbocycles. The summed E-state index contributed by atoms with van der Waals surface area (Å²) in [4.78, 5) is 7.90. The monoisotopic (exact) mass is 254 g/mol. The van der Waals surface area contributed by atoms with E-state index in [-0.39, 0.29) is 22.0 Å². The third-order valence-corrected chi connectivity index (χ3v) is 2.55. The molecular formula is C12H9ClF2N2. The van der Waals surface area contributed by atoms with Gasteiger partial charge in [-0.3, -0.25) is 0 Å². The lowest BCUT2D eigenvalue weighted by molar-refractivity contribution is 0.505. The zero-order chi connectivity index (χ0) is 12.6. The highest BCUT2D eigenvalue weighted by Gasteiger charge is 2.14. The van der Waals surface area contributed by atoms with Gasteiger partial charge >= 0.3 is 0 Å². The number of hydrogen-bond donors (Lipinski definition) is 0. The van der Waals surface area contributed by atoms with Gasteiger partial charge < -0.3 is 0 Å². The van der Waals surface area contributed by atoms with Gasteiger partial charge in [-0.1, -0.05) is 17.7 Å². The van der Waals surface area contributed by atoms with E-state index in [4.69, 9.17) is 11.6 Å². The van der Waals surface area contributed by atoms with Crippen molar-refractivity contribution in [2.24, 2.45) is 0 Å². The van der Waals surface area contributed by atoms with Crippen LogP contribution in [0.25, 0.3) is 11.3 Å². The minimum atomic E-state index is -0.917. The van der Waals surface area contributed by atoms with Crippen molar-refractivity contribution in [2.45, 2.75) is 13.8 Å². The Morgan fingerprint density at radius 2 is 1.76 bits per heavy atom. The molecular weight excluding hydrogens is 246 g/mol. The van der Waals surface area contributed by atoms with Gasteiger partial charge in [-0.25, -0.2) is 18.7 Å². The molecule has 0 N–H and O–H groups in total. The number of aryl methyl sites for hydroxylation is 2. The Labute approximate surface area is 102 Å². The molecule has 0 spiro atoms. The number of nitrogens with zero attached hydrogens (tertiary/aromatic N) is 2. The molecule has 0 unspecified atom stereocenters. The summed E-state index contributed by atoms with van der Waals surface area (Å²) in [5, 5.41) is 0.202. The standard InChI is InChI=1S/C12H9ClF2N2/c1-6-3-4-8(12(15)11(6)14)9-5-10(13)17-7(2)16-9/h3-5H,1-2H3. The quantitative estimate of drug-likeness (QED) is 0.726. The summed E-state index contributed by atoms with van der Waals surface area (Å²) in [7, 11) is 0. The highest BCUT2D eigenvalue weighted by atomic mass is 35.5. The molecule has 5 heteroatoms. The predicted octanol–water partition coefficient (Wildman–Crippen LogP) is 3.69. The normalized spacial score (nSPS) is 10.6. The third kappa shape index (κ3) is 2.26. The van der Waals surface area contributed by atoms with Gasteiger partial charge in [-0.05, 0) is 25.5 Å². The van der Waals surface area contributed by atoms with Crippen molar-refractivity contribution in [1.82, 2.24) is 9.97 Å². The fourth-order valence-electron chi connectivity index (χ4n) is 1.51. The Morgan fingerprint density at radius 3 is 2.41 bits per heavy atom. The maximum Gasteiger partial charge on any atom is 0.168 e. The van der Waals surface area contributed by atoms with Crippen LogP contribution in [0.1, 0.15) is 11.4 Å². The molecule has 2 rings (SSSR count). The fraction of sp³-hybridized carbons (Fsp3) is 0.167. The topological polar surface area (TPSA) is 25.8 Å². The van der Waals surface area contributed by atoms with E-state index < -0.39 is 11.6 Å². The van der Waals surface area contributed by atoms with Gasteiger partial charge in [0, 0.05) is 11.6 Å². The van der Waals surface area contributed by atoms with Crippen LogP contribution in [0.2, 0.25) is 5.15 Å². The molecule has 2 nitrogen and oxygen atoms in total. The van der Waals surface area contributed by atoms with E-state index in [0.29, 0.717) is 5.82 Å². The van der Waals surface area contributed by atoms with E-state index in [1.165, 1.54) is 25.1 Å². The van der Waals surface area contributed by atoms with E-state index in [2.05, 4.69) is 9.97 Å². The number of halogens is 3. The molecule has 0 saturated heterocycles. The van der Waals surface area contributed by atoms with Crippen LogP contribution in [0.4, 0.5) is 8.78 Å². The summed E-state index contributed by atoms with van der Waals surface area (Å²) in [6.45, 7) is 3.14. The Kier molecular flexibility index (Phi) is 3.07. The van der Waals surface area contributed by atoms with E-state index in [1.54, 1.807) is 6.92 Å². The number of aromatic nitrogens is 2. The lowest BCUT2D eigenvalue weighted by Crippen LogP contribution is -1.97. The molecule has 0 atom stereocenters. The van der Waals surface area contributed by atoms with Crippen LogP contribution in [-0.2, 0) is 0 Å². The van der Waals surface area contributed by atoms with E-state index in [9.17, 15) is 8.78 Å². The van der Waals surface area contributed by atoms with Gasteiger partial charge in [0.25, 0.3) is 0 Å². The Balaban J connectivity index is 2.64. The molecule has 0 bridgehead atoms. The molecule has 0 saturated carbocycles. The van der Waals surface area contributed by atoms with Crippen molar-refractivity contribution in [3.05, 3.63) is 46.4 Å². The maximum absolute atomic E-state index is 13.7. The first kappa shape index (κ1) is 11.9. The van der Waals surface area contributed by atoms with Gasteiger partial charge in [0.05, 0.1) is 5.69 Å².